The van der Waals surface area contributed by atoms with Gasteiger partial charge in [0.05, 0.1) is 12.6 Å². The third kappa shape index (κ3) is 4.71. The van der Waals surface area contributed by atoms with Gasteiger partial charge in [0.25, 0.3) is 5.56 Å². The predicted octanol–water partition coefficient (Wildman–Crippen LogP) is 0.218. The number of H-pyrrole nitrogens is 1. The van der Waals surface area contributed by atoms with E-state index in [1.165, 1.54) is 16.2 Å². The SMILES string of the molecule is CCc1cccc(OCC(O)Cn2c(NCC(C)O)nc3c2c(=O)[nH]c(=O)n3C)c1. The van der Waals surface area contributed by atoms with Crippen molar-refractivity contribution in [3.8, 4) is 5.75 Å². The van der Waals surface area contributed by atoms with Gasteiger partial charge in [-0.3, -0.25) is 14.3 Å². The van der Waals surface area contributed by atoms with Gasteiger partial charge in [-0.25, -0.2) is 4.79 Å². The number of hydrogen-bond donors (Lipinski definition) is 4. The summed E-state index contributed by atoms with van der Waals surface area (Å²) in [5.41, 5.74) is 0.269. The number of aromatic nitrogens is 4. The fraction of sp³-hybridized carbons (Fsp3) is 0.450. The molecule has 2 atom stereocenters. The van der Waals surface area contributed by atoms with Gasteiger partial charge >= 0.3 is 5.69 Å². The number of imidazole rings is 1. The van der Waals surface area contributed by atoms with Crippen molar-refractivity contribution in [3.05, 3.63) is 50.7 Å². The molecule has 10 nitrogen and oxygen atoms in total. The van der Waals surface area contributed by atoms with E-state index >= 15 is 0 Å². The van der Waals surface area contributed by atoms with Gasteiger partial charge < -0.3 is 24.8 Å². The molecule has 0 bridgehead atoms. The van der Waals surface area contributed by atoms with Gasteiger partial charge in [0.1, 0.15) is 18.5 Å². The third-order valence-corrected chi connectivity index (χ3v) is 4.71. The minimum atomic E-state index is -0.948. The highest BCUT2D eigenvalue weighted by molar-refractivity contribution is 5.74. The molecule has 0 aliphatic carbocycles. The molecular formula is C20H27N5O5. The average Bonchev–Trinajstić information content (AvgIpc) is 3.08. The average molecular weight is 417 g/mol. The van der Waals surface area contributed by atoms with Crippen LogP contribution in [0.25, 0.3) is 11.2 Å². The maximum absolute atomic E-state index is 12.4. The van der Waals surface area contributed by atoms with Crippen LogP contribution in [0.15, 0.2) is 33.9 Å². The van der Waals surface area contributed by atoms with E-state index in [0.29, 0.717) is 5.75 Å². The van der Waals surface area contributed by atoms with Gasteiger partial charge in [-0.15, -0.1) is 0 Å². The summed E-state index contributed by atoms with van der Waals surface area (Å²) in [4.78, 5) is 30.9. The van der Waals surface area contributed by atoms with Crippen molar-refractivity contribution >= 4 is 17.1 Å². The van der Waals surface area contributed by atoms with Crippen molar-refractivity contribution in [2.45, 2.75) is 39.0 Å². The van der Waals surface area contributed by atoms with E-state index in [0.717, 1.165) is 12.0 Å². The van der Waals surface area contributed by atoms with Crippen molar-refractivity contribution in [2.75, 3.05) is 18.5 Å². The molecule has 2 unspecified atom stereocenters. The Balaban J connectivity index is 1.87. The zero-order valence-electron chi connectivity index (χ0n) is 17.3. The van der Waals surface area contributed by atoms with Gasteiger partial charge in [0.15, 0.2) is 11.2 Å². The molecule has 1 aromatic carbocycles. The second-order valence-electron chi connectivity index (χ2n) is 7.23. The molecule has 3 aromatic rings. The maximum atomic E-state index is 12.4. The maximum Gasteiger partial charge on any atom is 0.329 e. The number of aromatic amines is 1. The highest BCUT2D eigenvalue weighted by atomic mass is 16.5. The summed E-state index contributed by atoms with van der Waals surface area (Å²) in [7, 11) is 1.50. The first-order chi connectivity index (χ1) is 14.3. The molecule has 0 spiro atoms. The van der Waals surface area contributed by atoms with Crippen LogP contribution in [0.4, 0.5) is 5.95 Å². The number of nitrogens with one attached hydrogen (secondary N) is 2. The lowest BCUT2D eigenvalue weighted by atomic mass is 10.2. The zero-order valence-corrected chi connectivity index (χ0v) is 17.3. The predicted molar refractivity (Wildman–Crippen MR) is 113 cm³/mol. The fourth-order valence-corrected chi connectivity index (χ4v) is 3.10. The summed E-state index contributed by atoms with van der Waals surface area (Å²) < 4.78 is 8.41. The molecule has 0 fully saturated rings. The summed E-state index contributed by atoms with van der Waals surface area (Å²) >= 11 is 0. The number of aryl methyl sites for hydroxylation is 2. The van der Waals surface area contributed by atoms with Crippen molar-refractivity contribution in [2.24, 2.45) is 7.05 Å². The largest absolute Gasteiger partial charge is 0.491 e. The number of aliphatic hydroxyl groups excluding tert-OH is 2. The van der Waals surface area contributed by atoms with Crippen LogP contribution in [0.2, 0.25) is 0 Å². The van der Waals surface area contributed by atoms with E-state index in [1.807, 2.05) is 31.2 Å². The highest BCUT2D eigenvalue weighted by Gasteiger charge is 2.20. The van der Waals surface area contributed by atoms with Gasteiger partial charge in [-0.1, -0.05) is 19.1 Å². The van der Waals surface area contributed by atoms with Crippen LogP contribution in [0, 0.1) is 0 Å². The topological polar surface area (TPSA) is 134 Å². The first kappa shape index (κ1) is 21.6. The van der Waals surface area contributed by atoms with Crippen LogP contribution < -0.4 is 21.3 Å². The van der Waals surface area contributed by atoms with Crippen LogP contribution in [-0.2, 0) is 20.0 Å². The molecule has 4 N–H and O–H groups in total. The molecule has 0 saturated heterocycles. The number of benzene rings is 1. The smallest absolute Gasteiger partial charge is 0.329 e. The second-order valence-corrected chi connectivity index (χ2v) is 7.23. The monoisotopic (exact) mass is 417 g/mol. The van der Waals surface area contributed by atoms with E-state index < -0.39 is 23.5 Å². The molecule has 10 heteroatoms. The van der Waals surface area contributed by atoms with E-state index in [1.54, 1.807) is 6.92 Å². The normalized spacial score (nSPS) is 13.4. The lowest BCUT2D eigenvalue weighted by molar-refractivity contribution is 0.0937. The minimum Gasteiger partial charge on any atom is -0.491 e. The Kier molecular flexibility index (Phi) is 6.58. The Labute approximate surface area is 172 Å². The van der Waals surface area contributed by atoms with Crippen molar-refractivity contribution in [3.63, 3.8) is 0 Å². The Morgan fingerprint density at radius 2 is 2.07 bits per heavy atom. The van der Waals surface area contributed by atoms with Crippen LogP contribution in [0.1, 0.15) is 19.4 Å². The second kappa shape index (κ2) is 9.14. The molecule has 0 radical (unpaired) electrons. The van der Waals surface area contributed by atoms with Gasteiger partial charge in [-0.2, -0.15) is 4.98 Å². The molecule has 0 amide bonds. The van der Waals surface area contributed by atoms with Gasteiger partial charge in [0.2, 0.25) is 5.95 Å². The van der Waals surface area contributed by atoms with E-state index in [4.69, 9.17) is 4.74 Å². The van der Waals surface area contributed by atoms with Gasteiger partial charge in [-0.05, 0) is 31.0 Å². The molecule has 0 aliphatic heterocycles. The number of hydrogen-bond acceptors (Lipinski definition) is 7. The van der Waals surface area contributed by atoms with Crippen molar-refractivity contribution in [1.82, 2.24) is 19.1 Å². The number of ether oxygens (including phenoxy) is 1. The zero-order chi connectivity index (χ0) is 21.8. The summed E-state index contributed by atoms with van der Waals surface area (Å²) in [6, 6.07) is 7.61. The third-order valence-electron chi connectivity index (χ3n) is 4.71. The molecule has 30 heavy (non-hydrogen) atoms. The molecule has 0 saturated carbocycles. The first-order valence-corrected chi connectivity index (χ1v) is 9.81. The Morgan fingerprint density at radius 3 is 2.77 bits per heavy atom. The van der Waals surface area contributed by atoms with Gasteiger partial charge in [0, 0.05) is 13.6 Å². The molecule has 2 aromatic heterocycles. The Hall–Kier alpha value is -3.11. The number of anilines is 1. The van der Waals surface area contributed by atoms with Crippen LogP contribution in [0.3, 0.4) is 0 Å². The Morgan fingerprint density at radius 1 is 1.30 bits per heavy atom. The summed E-state index contributed by atoms with van der Waals surface area (Å²) in [6.45, 7) is 3.85. The number of nitrogens with zero attached hydrogens (tertiary/aromatic N) is 3. The first-order valence-electron chi connectivity index (χ1n) is 9.81. The number of aliphatic hydroxyl groups is 2. The van der Waals surface area contributed by atoms with Crippen LogP contribution in [-0.4, -0.2) is 54.7 Å². The van der Waals surface area contributed by atoms with Crippen LogP contribution in [0.5, 0.6) is 5.75 Å². The lowest BCUT2D eigenvalue weighted by Gasteiger charge is -2.16. The summed E-state index contributed by atoms with van der Waals surface area (Å²) in [5.74, 6) is 0.918. The lowest BCUT2D eigenvalue weighted by Crippen LogP contribution is -2.31. The van der Waals surface area contributed by atoms with Crippen molar-refractivity contribution < 1.29 is 14.9 Å². The molecule has 162 valence electrons. The van der Waals surface area contributed by atoms with E-state index in [9.17, 15) is 19.8 Å². The van der Waals surface area contributed by atoms with E-state index in [-0.39, 0.29) is 36.8 Å². The molecular weight excluding hydrogens is 390 g/mol. The van der Waals surface area contributed by atoms with Crippen molar-refractivity contribution in [1.29, 1.82) is 0 Å². The molecule has 0 aliphatic rings. The molecule has 3 rings (SSSR count). The quantitative estimate of drug-likeness (QED) is 0.391. The summed E-state index contributed by atoms with van der Waals surface area (Å²) in [5, 5.41) is 23.1. The number of fused-ring (bicyclic) bond motifs is 1. The van der Waals surface area contributed by atoms with E-state index in [2.05, 4.69) is 15.3 Å². The summed E-state index contributed by atoms with van der Waals surface area (Å²) in [6.07, 6.45) is -0.725. The standard InChI is InChI=1S/C20H27N5O5/c1-4-13-6-5-7-15(8-13)30-11-14(27)10-25-16-17(22-19(25)21-9-12(2)26)24(3)20(29)23-18(16)28/h5-8,12,14,26-27H,4,9-11H2,1-3H3,(H,21,22)(H,23,28,29). The fourth-order valence-electron chi connectivity index (χ4n) is 3.10. The molecule has 2 heterocycles. The van der Waals surface area contributed by atoms with Crippen LogP contribution >= 0.6 is 0 Å². The number of rotatable bonds is 9. The Bertz CT molecular complexity index is 1130. The minimum absolute atomic E-state index is 0.00630. The highest BCUT2D eigenvalue weighted by Crippen LogP contribution is 2.17.